The van der Waals surface area contributed by atoms with Crippen LogP contribution in [0.5, 0.6) is 0 Å². The van der Waals surface area contributed by atoms with Gasteiger partial charge in [-0.15, -0.1) is 0 Å². The van der Waals surface area contributed by atoms with Gasteiger partial charge in [0.15, 0.2) is 0 Å². The highest BCUT2D eigenvalue weighted by Gasteiger charge is 2.08. The number of aliphatic carboxylic acids is 1. The number of carbonyl (C=O) groups is 2. The summed E-state index contributed by atoms with van der Waals surface area (Å²) >= 11 is 11.6. The van der Waals surface area contributed by atoms with Gasteiger partial charge in [0.05, 0.1) is 16.5 Å². The molecule has 0 bridgehead atoms. The van der Waals surface area contributed by atoms with Crippen molar-refractivity contribution in [3.63, 3.8) is 0 Å². The smallest absolute Gasteiger partial charge is 0.305 e. The molecule has 0 aliphatic rings. The fourth-order valence-corrected chi connectivity index (χ4v) is 1.70. The molecule has 0 heterocycles. The number of amides is 1. The fraction of sp³-hybridized carbons (Fsp3) is 0.231. The van der Waals surface area contributed by atoms with Gasteiger partial charge in [0.2, 0.25) is 5.91 Å². The van der Waals surface area contributed by atoms with E-state index in [2.05, 4.69) is 5.32 Å². The predicted molar refractivity (Wildman–Crippen MR) is 75.4 cm³/mol. The number of halogens is 2. The minimum Gasteiger partial charge on any atom is -0.481 e. The second-order valence-electron chi connectivity index (χ2n) is 4.01. The zero-order chi connectivity index (χ0) is 14.4. The van der Waals surface area contributed by atoms with Gasteiger partial charge in [-0.05, 0) is 30.7 Å². The zero-order valence-electron chi connectivity index (χ0n) is 10.2. The molecular formula is C13H13Cl2NO3. The number of hydrogen-bond donors (Lipinski definition) is 2. The van der Waals surface area contributed by atoms with Crippen LogP contribution in [0.15, 0.2) is 24.3 Å². The van der Waals surface area contributed by atoms with E-state index in [-0.39, 0.29) is 12.3 Å². The number of hydrogen-bond acceptors (Lipinski definition) is 2. The summed E-state index contributed by atoms with van der Waals surface area (Å²) in [5.41, 5.74) is 0.732. The van der Waals surface area contributed by atoms with E-state index in [1.807, 2.05) is 0 Å². The summed E-state index contributed by atoms with van der Waals surface area (Å²) in [6.45, 7) is 1.62. The average molecular weight is 302 g/mol. The molecule has 0 radical (unpaired) electrons. The van der Waals surface area contributed by atoms with Crippen LogP contribution < -0.4 is 5.32 Å². The van der Waals surface area contributed by atoms with E-state index in [1.54, 1.807) is 31.2 Å². The van der Waals surface area contributed by atoms with Crippen molar-refractivity contribution in [2.45, 2.75) is 19.4 Å². The molecule has 1 atom stereocenters. The van der Waals surface area contributed by atoms with Gasteiger partial charge in [-0.1, -0.05) is 29.3 Å². The third-order valence-corrected chi connectivity index (χ3v) is 2.98. The minimum atomic E-state index is -0.957. The maximum atomic E-state index is 11.5. The van der Waals surface area contributed by atoms with Crippen LogP contribution in [0.4, 0.5) is 0 Å². The van der Waals surface area contributed by atoms with Gasteiger partial charge in [-0.3, -0.25) is 9.59 Å². The molecule has 1 aromatic rings. The predicted octanol–water partition coefficient (Wildman–Crippen LogP) is 2.99. The molecule has 0 spiro atoms. The summed E-state index contributed by atoms with van der Waals surface area (Å²) in [5.74, 6) is -1.32. The minimum absolute atomic E-state index is 0.119. The first-order valence-corrected chi connectivity index (χ1v) is 6.29. The van der Waals surface area contributed by atoms with Gasteiger partial charge < -0.3 is 10.4 Å². The Balaban J connectivity index is 2.58. The summed E-state index contributed by atoms with van der Waals surface area (Å²) in [5, 5.41) is 12.0. The van der Waals surface area contributed by atoms with Crippen molar-refractivity contribution in [3.8, 4) is 0 Å². The maximum Gasteiger partial charge on any atom is 0.305 e. The van der Waals surface area contributed by atoms with Crippen LogP contribution in [0.25, 0.3) is 6.08 Å². The van der Waals surface area contributed by atoms with Crippen molar-refractivity contribution < 1.29 is 14.7 Å². The summed E-state index contributed by atoms with van der Waals surface area (Å²) in [6.07, 6.45) is 2.77. The second kappa shape index (κ2) is 7.16. The third kappa shape index (κ3) is 5.77. The van der Waals surface area contributed by atoms with E-state index in [4.69, 9.17) is 28.3 Å². The monoisotopic (exact) mass is 301 g/mol. The van der Waals surface area contributed by atoms with Gasteiger partial charge in [0, 0.05) is 12.1 Å². The Labute approximate surface area is 121 Å². The third-order valence-electron chi connectivity index (χ3n) is 2.24. The summed E-state index contributed by atoms with van der Waals surface area (Å²) < 4.78 is 0. The quantitative estimate of drug-likeness (QED) is 0.822. The highest BCUT2D eigenvalue weighted by atomic mass is 35.5. The summed E-state index contributed by atoms with van der Waals surface area (Å²) in [4.78, 5) is 22.0. The van der Waals surface area contributed by atoms with Crippen LogP contribution >= 0.6 is 23.2 Å². The Morgan fingerprint density at radius 3 is 2.63 bits per heavy atom. The summed E-state index contributed by atoms with van der Waals surface area (Å²) in [7, 11) is 0. The first kappa shape index (κ1) is 15.5. The number of nitrogens with one attached hydrogen (secondary N) is 1. The molecule has 0 aliphatic carbocycles. The molecule has 4 nitrogen and oxygen atoms in total. The lowest BCUT2D eigenvalue weighted by atomic mass is 10.2. The highest BCUT2D eigenvalue weighted by Crippen LogP contribution is 2.23. The van der Waals surface area contributed by atoms with Gasteiger partial charge in [-0.2, -0.15) is 0 Å². The topological polar surface area (TPSA) is 66.4 Å². The van der Waals surface area contributed by atoms with Crippen molar-refractivity contribution in [2.75, 3.05) is 0 Å². The largest absolute Gasteiger partial charge is 0.481 e. The van der Waals surface area contributed by atoms with Crippen LogP contribution in [0.1, 0.15) is 18.9 Å². The van der Waals surface area contributed by atoms with E-state index >= 15 is 0 Å². The van der Waals surface area contributed by atoms with Crippen molar-refractivity contribution in [3.05, 3.63) is 39.9 Å². The van der Waals surface area contributed by atoms with Gasteiger partial charge in [-0.25, -0.2) is 0 Å². The number of rotatable bonds is 5. The molecule has 102 valence electrons. The van der Waals surface area contributed by atoms with Crippen LogP contribution in [0.3, 0.4) is 0 Å². The van der Waals surface area contributed by atoms with Crippen LogP contribution in [-0.2, 0) is 9.59 Å². The molecule has 0 fully saturated rings. The normalized spacial score (nSPS) is 12.4. The summed E-state index contributed by atoms with van der Waals surface area (Å²) in [6, 6.07) is 4.56. The van der Waals surface area contributed by atoms with Crippen LogP contribution in [0, 0.1) is 0 Å². The molecule has 1 aromatic carbocycles. The molecule has 1 unspecified atom stereocenters. The molecule has 0 saturated heterocycles. The highest BCUT2D eigenvalue weighted by molar-refractivity contribution is 6.42. The van der Waals surface area contributed by atoms with Gasteiger partial charge in [0.25, 0.3) is 0 Å². The number of carboxylic acid groups (broad SMARTS) is 1. The Kier molecular flexibility index (Phi) is 5.86. The van der Waals surface area contributed by atoms with E-state index < -0.39 is 12.0 Å². The van der Waals surface area contributed by atoms with Crippen LogP contribution in [0.2, 0.25) is 10.0 Å². The molecule has 2 N–H and O–H groups in total. The lowest BCUT2D eigenvalue weighted by molar-refractivity contribution is -0.137. The number of benzene rings is 1. The Morgan fingerprint density at radius 2 is 2.05 bits per heavy atom. The van der Waals surface area contributed by atoms with E-state index in [9.17, 15) is 9.59 Å². The number of carbonyl (C=O) groups excluding carboxylic acids is 1. The zero-order valence-corrected chi connectivity index (χ0v) is 11.7. The molecule has 1 rings (SSSR count). The Morgan fingerprint density at radius 1 is 1.37 bits per heavy atom. The molecule has 19 heavy (non-hydrogen) atoms. The lowest BCUT2D eigenvalue weighted by Crippen LogP contribution is -2.32. The maximum absolute atomic E-state index is 11.5. The first-order valence-electron chi connectivity index (χ1n) is 5.54. The molecule has 1 amide bonds. The van der Waals surface area contributed by atoms with Crippen molar-refractivity contribution in [1.29, 1.82) is 0 Å². The SMILES string of the molecule is CC(CC(=O)O)NC(=O)/C=C/c1ccc(Cl)c(Cl)c1. The van der Waals surface area contributed by atoms with Crippen molar-refractivity contribution >= 4 is 41.2 Å². The molecule has 0 aliphatic heterocycles. The average Bonchev–Trinajstić information content (AvgIpc) is 2.29. The van der Waals surface area contributed by atoms with E-state index in [1.165, 1.54) is 6.08 Å². The molecule has 6 heteroatoms. The standard InChI is InChI=1S/C13H13Cl2NO3/c1-8(6-13(18)19)16-12(17)5-3-9-2-4-10(14)11(15)7-9/h2-5,7-8H,6H2,1H3,(H,16,17)(H,18,19)/b5-3+. The van der Waals surface area contributed by atoms with E-state index in [0.717, 1.165) is 5.56 Å². The fourth-order valence-electron chi connectivity index (χ4n) is 1.39. The van der Waals surface area contributed by atoms with E-state index in [0.29, 0.717) is 10.0 Å². The second-order valence-corrected chi connectivity index (χ2v) is 4.83. The van der Waals surface area contributed by atoms with Gasteiger partial charge >= 0.3 is 5.97 Å². The van der Waals surface area contributed by atoms with Gasteiger partial charge in [0.1, 0.15) is 0 Å². The molecule has 0 aromatic heterocycles. The Bertz CT molecular complexity index is 515. The Hall–Kier alpha value is -1.52. The van der Waals surface area contributed by atoms with Crippen molar-refractivity contribution in [2.24, 2.45) is 0 Å². The van der Waals surface area contributed by atoms with Crippen molar-refractivity contribution in [1.82, 2.24) is 5.32 Å². The molecular weight excluding hydrogens is 289 g/mol. The number of carboxylic acids is 1. The molecule has 0 saturated carbocycles. The van der Waals surface area contributed by atoms with Crippen LogP contribution in [-0.4, -0.2) is 23.0 Å². The lowest BCUT2D eigenvalue weighted by Gasteiger charge is -2.08. The first-order chi connectivity index (χ1) is 8.88.